The van der Waals surface area contributed by atoms with Crippen LogP contribution in [0.5, 0.6) is 0 Å². The maximum Gasteiger partial charge on any atom is 0.326 e. The minimum atomic E-state index is -0.729. The van der Waals surface area contributed by atoms with Gasteiger partial charge in [0.15, 0.2) is 0 Å². The number of aryl methyl sites for hydroxylation is 2. The van der Waals surface area contributed by atoms with E-state index in [9.17, 15) is 9.90 Å². The van der Waals surface area contributed by atoms with E-state index >= 15 is 0 Å². The van der Waals surface area contributed by atoms with Gasteiger partial charge in [-0.3, -0.25) is 0 Å². The molecule has 1 aliphatic carbocycles. The summed E-state index contributed by atoms with van der Waals surface area (Å²) in [6, 6.07) is 1.81. The van der Waals surface area contributed by atoms with E-state index in [0.29, 0.717) is 17.8 Å². The van der Waals surface area contributed by atoms with Gasteiger partial charge in [-0.2, -0.15) is 0 Å². The molecule has 1 saturated carbocycles. The lowest BCUT2D eigenvalue weighted by atomic mass is 9.76. The normalized spacial score (nSPS) is 29.0. The van der Waals surface area contributed by atoms with Crippen molar-refractivity contribution in [1.82, 2.24) is 9.97 Å². The molecule has 1 aromatic heterocycles. The summed E-state index contributed by atoms with van der Waals surface area (Å²) in [5, 5.41) is 9.61. The van der Waals surface area contributed by atoms with Crippen LogP contribution in [0.25, 0.3) is 0 Å². The van der Waals surface area contributed by atoms with Gasteiger partial charge in [0.25, 0.3) is 0 Å². The van der Waals surface area contributed by atoms with Gasteiger partial charge in [-0.15, -0.1) is 0 Å². The quantitative estimate of drug-likeness (QED) is 0.906. The second kappa shape index (κ2) is 5.62. The summed E-state index contributed by atoms with van der Waals surface area (Å²) in [5.41, 5.74) is 0.902. The summed E-state index contributed by atoms with van der Waals surface area (Å²) in [4.78, 5) is 22.6. The van der Waals surface area contributed by atoms with Crippen molar-refractivity contribution in [2.24, 2.45) is 5.92 Å². The first-order valence-electron chi connectivity index (χ1n) is 7.89. The number of hydrogen-bond acceptors (Lipinski definition) is 4. The molecule has 3 unspecified atom stereocenters. The zero-order valence-electron chi connectivity index (χ0n) is 12.7. The van der Waals surface area contributed by atoms with Gasteiger partial charge >= 0.3 is 5.97 Å². The Morgan fingerprint density at radius 1 is 1.19 bits per heavy atom. The number of carboxylic acid groups (broad SMARTS) is 1. The summed E-state index contributed by atoms with van der Waals surface area (Å²) in [7, 11) is 0. The smallest absolute Gasteiger partial charge is 0.326 e. The van der Waals surface area contributed by atoms with Gasteiger partial charge in [0.05, 0.1) is 0 Å². The number of nitrogens with zero attached hydrogens (tertiary/aromatic N) is 3. The molecule has 1 aliphatic heterocycles. The minimum Gasteiger partial charge on any atom is -0.480 e. The number of rotatable bonds is 2. The van der Waals surface area contributed by atoms with E-state index < -0.39 is 12.0 Å². The average molecular weight is 289 g/mol. The molecule has 21 heavy (non-hydrogen) atoms. The van der Waals surface area contributed by atoms with Gasteiger partial charge < -0.3 is 10.0 Å². The molecular weight excluding hydrogens is 266 g/mol. The Morgan fingerprint density at radius 3 is 2.67 bits per heavy atom. The number of hydrogen-bond donors (Lipinski definition) is 1. The third-order valence-electron chi connectivity index (χ3n) is 4.88. The van der Waals surface area contributed by atoms with Crippen LogP contribution in [0.4, 0.5) is 5.82 Å². The third kappa shape index (κ3) is 2.74. The predicted octanol–water partition coefficient (Wildman–Crippen LogP) is 2.71. The Morgan fingerprint density at radius 2 is 1.95 bits per heavy atom. The zero-order valence-corrected chi connectivity index (χ0v) is 12.7. The van der Waals surface area contributed by atoms with E-state index in [0.717, 1.165) is 30.8 Å². The molecule has 2 fully saturated rings. The number of piperidine rings is 1. The van der Waals surface area contributed by atoms with Crippen molar-refractivity contribution < 1.29 is 9.90 Å². The van der Waals surface area contributed by atoms with Crippen molar-refractivity contribution >= 4 is 11.8 Å². The Bertz CT molecular complexity index is 526. The highest BCUT2D eigenvalue weighted by atomic mass is 16.4. The lowest BCUT2D eigenvalue weighted by Crippen LogP contribution is -2.55. The van der Waals surface area contributed by atoms with Gasteiger partial charge in [-0.05, 0) is 45.4 Å². The molecule has 1 saturated heterocycles. The lowest BCUT2D eigenvalue weighted by molar-refractivity contribution is -0.139. The van der Waals surface area contributed by atoms with E-state index in [-0.39, 0.29) is 0 Å². The van der Waals surface area contributed by atoms with Crippen molar-refractivity contribution in [2.45, 2.75) is 64.5 Å². The number of carbonyl (C=O) groups is 1. The Kier molecular flexibility index (Phi) is 3.83. The Balaban J connectivity index is 2.00. The standard InChI is InChI=1S/C16H23N3O2/c1-10-9-15(18-11(2)17-10)19-13-6-4-3-5-12(13)7-8-14(19)16(20)21/h9,12-14H,3-8H2,1-2H3,(H,20,21). The minimum absolute atomic E-state index is 0.322. The summed E-state index contributed by atoms with van der Waals surface area (Å²) in [6.45, 7) is 3.81. The van der Waals surface area contributed by atoms with E-state index in [4.69, 9.17) is 0 Å². The fourth-order valence-corrected chi connectivity index (χ4v) is 4.03. The molecule has 2 heterocycles. The lowest BCUT2D eigenvalue weighted by Gasteiger charge is -2.47. The van der Waals surface area contributed by atoms with Crippen LogP contribution < -0.4 is 4.90 Å². The molecule has 0 aromatic carbocycles. The molecule has 5 nitrogen and oxygen atoms in total. The number of carboxylic acids is 1. The van der Waals surface area contributed by atoms with Crippen LogP contribution >= 0.6 is 0 Å². The van der Waals surface area contributed by atoms with E-state index in [1.807, 2.05) is 19.9 Å². The van der Waals surface area contributed by atoms with Crippen molar-refractivity contribution in [3.63, 3.8) is 0 Å². The second-order valence-corrected chi connectivity index (χ2v) is 6.37. The first-order chi connectivity index (χ1) is 10.1. The van der Waals surface area contributed by atoms with Gasteiger partial charge in [0.1, 0.15) is 17.7 Å². The molecule has 0 amide bonds. The third-order valence-corrected chi connectivity index (χ3v) is 4.88. The topological polar surface area (TPSA) is 66.3 Å². The monoisotopic (exact) mass is 289 g/mol. The highest BCUT2D eigenvalue weighted by Gasteiger charge is 2.42. The number of aromatic nitrogens is 2. The Labute approximate surface area is 125 Å². The predicted molar refractivity (Wildman–Crippen MR) is 80.4 cm³/mol. The van der Waals surface area contributed by atoms with Gasteiger partial charge in [0.2, 0.25) is 0 Å². The second-order valence-electron chi connectivity index (χ2n) is 6.37. The number of aliphatic carboxylic acids is 1. The molecule has 1 aromatic rings. The SMILES string of the molecule is Cc1cc(N2C(C(=O)O)CCC3CCCCC32)nc(C)n1. The molecule has 0 radical (unpaired) electrons. The van der Waals surface area contributed by atoms with Crippen LogP contribution in [-0.4, -0.2) is 33.1 Å². The summed E-state index contributed by atoms with van der Waals surface area (Å²) >= 11 is 0. The zero-order chi connectivity index (χ0) is 15.0. The van der Waals surface area contributed by atoms with Crippen molar-refractivity contribution in [1.29, 1.82) is 0 Å². The van der Waals surface area contributed by atoms with Gasteiger partial charge in [-0.25, -0.2) is 14.8 Å². The fourth-order valence-electron chi connectivity index (χ4n) is 4.03. The number of fused-ring (bicyclic) bond motifs is 1. The summed E-state index contributed by atoms with van der Waals surface area (Å²) in [6.07, 6.45) is 6.51. The molecule has 2 aliphatic rings. The number of anilines is 1. The first kappa shape index (κ1) is 14.3. The maximum atomic E-state index is 11.7. The van der Waals surface area contributed by atoms with Crippen molar-refractivity contribution in [3.8, 4) is 0 Å². The first-order valence-corrected chi connectivity index (χ1v) is 7.89. The largest absolute Gasteiger partial charge is 0.480 e. The molecule has 0 spiro atoms. The summed E-state index contributed by atoms with van der Waals surface area (Å²) in [5.74, 6) is 1.40. The maximum absolute atomic E-state index is 11.7. The molecule has 3 atom stereocenters. The van der Waals surface area contributed by atoms with Crippen LogP contribution in [-0.2, 0) is 4.79 Å². The average Bonchev–Trinajstić information content (AvgIpc) is 2.44. The van der Waals surface area contributed by atoms with Gasteiger partial charge in [-0.1, -0.05) is 12.8 Å². The molecule has 0 bridgehead atoms. The van der Waals surface area contributed by atoms with Crippen LogP contribution in [0.15, 0.2) is 6.07 Å². The van der Waals surface area contributed by atoms with Gasteiger partial charge in [0, 0.05) is 17.8 Å². The highest BCUT2D eigenvalue weighted by Crippen LogP contribution is 2.40. The molecule has 1 N–H and O–H groups in total. The Hall–Kier alpha value is -1.65. The fraction of sp³-hybridized carbons (Fsp3) is 0.688. The molecule has 5 heteroatoms. The summed E-state index contributed by atoms with van der Waals surface area (Å²) < 4.78 is 0. The van der Waals surface area contributed by atoms with E-state index in [2.05, 4.69) is 14.9 Å². The van der Waals surface area contributed by atoms with Crippen LogP contribution in [0, 0.1) is 19.8 Å². The van der Waals surface area contributed by atoms with Crippen LogP contribution in [0.3, 0.4) is 0 Å². The molecule has 3 rings (SSSR count). The molecular formula is C16H23N3O2. The van der Waals surface area contributed by atoms with E-state index in [1.54, 1.807) is 0 Å². The van der Waals surface area contributed by atoms with Crippen molar-refractivity contribution in [3.05, 3.63) is 17.6 Å². The molecule has 114 valence electrons. The van der Waals surface area contributed by atoms with Crippen LogP contribution in [0.1, 0.15) is 50.0 Å². The van der Waals surface area contributed by atoms with Crippen molar-refractivity contribution in [2.75, 3.05) is 4.90 Å². The van der Waals surface area contributed by atoms with Crippen LogP contribution in [0.2, 0.25) is 0 Å². The van der Waals surface area contributed by atoms with E-state index in [1.165, 1.54) is 19.3 Å². The highest BCUT2D eigenvalue weighted by molar-refractivity contribution is 5.78.